The predicted molar refractivity (Wildman–Crippen MR) is 142 cm³/mol. The lowest BCUT2D eigenvalue weighted by atomic mass is 10.1. The molecule has 0 saturated carbocycles. The molecule has 1 atom stereocenters. The third kappa shape index (κ3) is 7.97. The van der Waals surface area contributed by atoms with Crippen LogP contribution in [0.4, 0.5) is 5.69 Å². The number of sulfonamides is 1. The van der Waals surface area contributed by atoms with Crippen molar-refractivity contribution in [1.82, 2.24) is 10.2 Å². The Hall–Kier alpha value is -2.58. The molecule has 0 fully saturated rings. The number of nitrogens with zero attached hydrogens (tertiary/aromatic N) is 2. The summed E-state index contributed by atoms with van der Waals surface area (Å²) in [5, 5.41) is 3.34. The fraction of sp³-hybridized carbons (Fsp3) is 0.462. The van der Waals surface area contributed by atoms with Crippen molar-refractivity contribution in [2.24, 2.45) is 0 Å². The van der Waals surface area contributed by atoms with E-state index in [-0.39, 0.29) is 24.8 Å². The van der Waals surface area contributed by atoms with E-state index >= 15 is 0 Å². The van der Waals surface area contributed by atoms with Crippen LogP contribution >= 0.6 is 11.6 Å². The summed E-state index contributed by atoms with van der Waals surface area (Å²) >= 11 is 6.20. The van der Waals surface area contributed by atoms with Crippen molar-refractivity contribution in [3.8, 4) is 0 Å². The van der Waals surface area contributed by atoms with Crippen molar-refractivity contribution >= 4 is 39.1 Å². The van der Waals surface area contributed by atoms with Crippen LogP contribution in [0.1, 0.15) is 49.8 Å². The molecule has 2 amide bonds. The van der Waals surface area contributed by atoms with Crippen LogP contribution in [0.2, 0.25) is 5.02 Å². The van der Waals surface area contributed by atoms with Gasteiger partial charge in [-0.3, -0.25) is 13.9 Å². The van der Waals surface area contributed by atoms with Crippen LogP contribution in [-0.4, -0.2) is 50.5 Å². The van der Waals surface area contributed by atoms with Crippen molar-refractivity contribution < 1.29 is 18.0 Å². The average molecular weight is 522 g/mol. The van der Waals surface area contributed by atoms with Gasteiger partial charge in [-0.05, 0) is 62.4 Å². The van der Waals surface area contributed by atoms with Crippen LogP contribution in [0.25, 0.3) is 0 Å². The van der Waals surface area contributed by atoms with Crippen LogP contribution in [-0.2, 0) is 26.2 Å². The van der Waals surface area contributed by atoms with Gasteiger partial charge in [0.15, 0.2) is 0 Å². The molecule has 0 aromatic heterocycles. The van der Waals surface area contributed by atoms with E-state index in [1.54, 1.807) is 36.9 Å². The van der Waals surface area contributed by atoms with E-state index in [0.29, 0.717) is 35.8 Å². The zero-order valence-electron chi connectivity index (χ0n) is 21.2. The highest BCUT2D eigenvalue weighted by molar-refractivity contribution is 7.92. The minimum atomic E-state index is -3.58. The fourth-order valence-corrected chi connectivity index (χ4v) is 4.98. The molecular formula is C26H36ClN3O4S. The number of aryl methyl sites for hydroxylation is 1. The molecule has 0 aliphatic rings. The third-order valence-corrected chi connectivity index (χ3v) is 7.57. The zero-order valence-corrected chi connectivity index (χ0v) is 22.7. The number of anilines is 1. The van der Waals surface area contributed by atoms with Gasteiger partial charge in [-0.2, -0.15) is 0 Å². The molecule has 0 bridgehead atoms. The molecule has 2 aromatic rings. The van der Waals surface area contributed by atoms with Gasteiger partial charge in [0.2, 0.25) is 21.8 Å². The second-order valence-electron chi connectivity index (χ2n) is 8.74. The first-order valence-electron chi connectivity index (χ1n) is 11.8. The minimum absolute atomic E-state index is 0.100. The molecule has 0 spiro atoms. The number of rotatable bonds is 12. The van der Waals surface area contributed by atoms with Crippen LogP contribution in [0.3, 0.4) is 0 Å². The Kier molecular flexibility index (Phi) is 10.6. The first kappa shape index (κ1) is 28.7. The largest absolute Gasteiger partial charge is 0.354 e. The molecule has 0 radical (unpaired) electrons. The van der Waals surface area contributed by atoms with Crippen LogP contribution in [0.15, 0.2) is 42.5 Å². The smallest absolute Gasteiger partial charge is 0.242 e. The maximum atomic E-state index is 13.3. The Morgan fingerprint density at radius 2 is 1.77 bits per heavy atom. The number of benzene rings is 2. The summed E-state index contributed by atoms with van der Waals surface area (Å²) < 4.78 is 26.3. The van der Waals surface area contributed by atoms with Gasteiger partial charge in [0.05, 0.1) is 11.9 Å². The SMILES string of the molecule is CCCNC(=O)[C@H](C)N(Cc1ccccc1C)C(=O)CCCN(c1cccc(Cl)c1C)S(C)(=O)=O. The number of halogens is 1. The lowest BCUT2D eigenvalue weighted by Crippen LogP contribution is -2.48. The molecule has 9 heteroatoms. The summed E-state index contributed by atoms with van der Waals surface area (Å²) in [4.78, 5) is 27.6. The number of carbonyl (C=O) groups is 2. The van der Waals surface area contributed by atoms with E-state index in [1.807, 2.05) is 38.1 Å². The predicted octanol–water partition coefficient (Wildman–Crippen LogP) is 4.45. The van der Waals surface area contributed by atoms with Gasteiger partial charge in [0.25, 0.3) is 0 Å². The molecule has 0 heterocycles. The molecular weight excluding hydrogens is 486 g/mol. The van der Waals surface area contributed by atoms with Gasteiger partial charge in [-0.25, -0.2) is 8.42 Å². The molecule has 2 aromatic carbocycles. The second kappa shape index (κ2) is 12.9. The normalized spacial score (nSPS) is 12.2. The molecule has 192 valence electrons. The Morgan fingerprint density at radius 3 is 2.40 bits per heavy atom. The lowest BCUT2D eigenvalue weighted by Gasteiger charge is -2.30. The molecule has 1 N–H and O–H groups in total. The van der Waals surface area contributed by atoms with E-state index in [4.69, 9.17) is 11.6 Å². The Labute approximate surface area is 214 Å². The number of nitrogens with one attached hydrogen (secondary N) is 1. The second-order valence-corrected chi connectivity index (χ2v) is 11.1. The summed E-state index contributed by atoms with van der Waals surface area (Å²) in [6.07, 6.45) is 2.34. The quantitative estimate of drug-likeness (QED) is 0.447. The van der Waals surface area contributed by atoms with Gasteiger partial charge >= 0.3 is 0 Å². The Morgan fingerprint density at radius 1 is 1.09 bits per heavy atom. The molecule has 0 aliphatic heterocycles. The van der Waals surface area contributed by atoms with Gasteiger partial charge in [-0.1, -0.05) is 48.9 Å². The Bertz CT molecular complexity index is 1140. The summed E-state index contributed by atoms with van der Waals surface area (Å²) in [6, 6.07) is 12.2. The maximum Gasteiger partial charge on any atom is 0.242 e. The summed E-state index contributed by atoms with van der Waals surface area (Å²) in [5.41, 5.74) is 3.15. The van der Waals surface area contributed by atoms with Gasteiger partial charge < -0.3 is 10.2 Å². The molecule has 35 heavy (non-hydrogen) atoms. The summed E-state index contributed by atoms with van der Waals surface area (Å²) in [7, 11) is -3.58. The molecule has 0 aliphatic carbocycles. The van der Waals surface area contributed by atoms with E-state index in [2.05, 4.69) is 5.32 Å². The highest BCUT2D eigenvalue weighted by Gasteiger charge is 2.27. The average Bonchev–Trinajstić information content (AvgIpc) is 2.80. The van der Waals surface area contributed by atoms with Crippen molar-refractivity contribution in [2.75, 3.05) is 23.7 Å². The van der Waals surface area contributed by atoms with E-state index in [1.165, 1.54) is 4.31 Å². The zero-order chi connectivity index (χ0) is 26.2. The standard InChI is InChI=1S/C26H36ClN3O4S/c1-6-16-28-26(32)21(4)29(18-22-12-8-7-11-19(22)2)25(31)15-10-17-30(35(5,33)34)24-14-9-13-23(27)20(24)3/h7-9,11-14,21H,6,10,15-18H2,1-5H3,(H,28,32)/t21-/m0/s1. The lowest BCUT2D eigenvalue weighted by molar-refractivity contribution is -0.140. The monoisotopic (exact) mass is 521 g/mol. The van der Waals surface area contributed by atoms with Crippen molar-refractivity contribution in [3.05, 3.63) is 64.2 Å². The summed E-state index contributed by atoms with van der Waals surface area (Å²) in [6.45, 7) is 8.39. The van der Waals surface area contributed by atoms with Crippen LogP contribution in [0, 0.1) is 13.8 Å². The first-order valence-corrected chi connectivity index (χ1v) is 14.0. The fourth-order valence-electron chi connectivity index (χ4n) is 3.80. The number of carbonyl (C=O) groups excluding carboxylic acids is 2. The number of amides is 2. The summed E-state index contributed by atoms with van der Waals surface area (Å²) in [5.74, 6) is -0.412. The van der Waals surface area contributed by atoms with Crippen molar-refractivity contribution in [2.45, 2.75) is 59.5 Å². The van der Waals surface area contributed by atoms with E-state index in [0.717, 1.165) is 23.8 Å². The minimum Gasteiger partial charge on any atom is -0.354 e. The van der Waals surface area contributed by atoms with Crippen LogP contribution < -0.4 is 9.62 Å². The maximum absolute atomic E-state index is 13.3. The van der Waals surface area contributed by atoms with Gasteiger partial charge in [0.1, 0.15) is 6.04 Å². The molecule has 2 rings (SSSR count). The molecule has 7 nitrogen and oxygen atoms in total. The third-order valence-electron chi connectivity index (χ3n) is 5.98. The van der Waals surface area contributed by atoms with Crippen molar-refractivity contribution in [1.29, 1.82) is 0 Å². The number of hydrogen-bond donors (Lipinski definition) is 1. The molecule has 0 saturated heterocycles. The van der Waals surface area contributed by atoms with E-state index in [9.17, 15) is 18.0 Å². The Balaban J connectivity index is 2.20. The van der Waals surface area contributed by atoms with Crippen LogP contribution in [0.5, 0.6) is 0 Å². The topological polar surface area (TPSA) is 86.8 Å². The highest BCUT2D eigenvalue weighted by Crippen LogP contribution is 2.28. The number of hydrogen-bond acceptors (Lipinski definition) is 4. The van der Waals surface area contributed by atoms with Gasteiger partial charge in [-0.15, -0.1) is 0 Å². The molecule has 0 unspecified atom stereocenters. The highest BCUT2D eigenvalue weighted by atomic mass is 35.5. The van der Waals surface area contributed by atoms with Gasteiger partial charge in [0, 0.05) is 31.1 Å². The first-order chi connectivity index (χ1) is 16.5. The van der Waals surface area contributed by atoms with E-state index < -0.39 is 16.1 Å². The van der Waals surface area contributed by atoms with Crippen molar-refractivity contribution in [3.63, 3.8) is 0 Å².